The van der Waals surface area contributed by atoms with Gasteiger partial charge in [-0.2, -0.15) is 0 Å². The number of nitrogens with zero attached hydrogens (tertiary/aromatic N) is 4. The molecule has 0 aliphatic rings. The van der Waals surface area contributed by atoms with Crippen LogP contribution in [0.1, 0.15) is 20.3 Å². The second kappa shape index (κ2) is 13.9. The lowest BCUT2D eigenvalue weighted by atomic mass is 10.4. The number of imidazole rings is 1. The van der Waals surface area contributed by atoms with E-state index in [0.29, 0.717) is 29.9 Å². The molecule has 0 aromatic carbocycles. The van der Waals surface area contributed by atoms with Crippen LogP contribution in [0.25, 0.3) is 11.2 Å². The van der Waals surface area contributed by atoms with Crippen molar-refractivity contribution < 1.29 is 32.6 Å². The molecule has 0 bridgehead atoms. The van der Waals surface area contributed by atoms with Crippen molar-refractivity contribution in [1.82, 2.24) is 19.5 Å². The summed E-state index contributed by atoms with van der Waals surface area (Å²) in [5.41, 5.74) is 6.86. The zero-order valence-corrected chi connectivity index (χ0v) is 20.7. The molecule has 2 aromatic rings. The van der Waals surface area contributed by atoms with E-state index in [-0.39, 0.29) is 31.5 Å². The van der Waals surface area contributed by atoms with Crippen LogP contribution in [0.3, 0.4) is 0 Å². The van der Waals surface area contributed by atoms with E-state index < -0.39 is 20.5 Å². The van der Waals surface area contributed by atoms with Gasteiger partial charge in [0.05, 0.1) is 32.2 Å². The summed E-state index contributed by atoms with van der Waals surface area (Å²) in [6, 6.07) is 0. The lowest BCUT2D eigenvalue weighted by Crippen LogP contribution is -2.19. The monoisotopic (exact) mass is 509 g/mol. The molecule has 2 heterocycles. The fourth-order valence-corrected chi connectivity index (χ4v) is 4.76. The van der Waals surface area contributed by atoms with Gasteiger partial charge in [-0.1, -0.05) is 28.5 Å². The molecule has 1 unspecified atom stereocenters. The Morgan fingerprint density at radius 2 is 2.06 bits per heavy atom. The van der Waals surface area contributed by atoms with E-state index in [1.807, 2.05) is 13.2 Å². The second-order valence-electron chi connectivity index (χ2n) is 6.36. The van der Waals surface area contributed by atoms with E-state index in [2.05, 4.69) is 15.0 Å². The number of anilines is 1. The SMILES string of the molecule is CCCOC(=O)OCOP(=O)(CO[C@H](C)Cn1cnc2c(N)ncnc21)OCCSSC. The van der Waals surface area contributed by atoms with E-state index in [1.165, 1.54) is 6.33 Å². The Kier molecular flexibility index (Phi) is 11.6. The normalized spacial score (nSPS) is 14.2. The third kappa shape index (κ3) is 8.75. The lowest BCUT2D eigenvalue weighted by molar-refractivity contribution is -0.00756. The van der Waals surface area contributed by atoms with Crippen molar-refractivity contribution >= 4 is 52.3 Å². The first-order valence-corrected chi connectivity index (χ1v) is 14.2. The highest BCUT2D eigenvalue weighted by Crippen LogP contribution is 2.48. The minimum Gasteiger partial charge on any atom is -0.434 e. The molecule has 0 spiro atoms. The predicted molar refractivity (Wildman–Crippen MR) is 123 cm³/mol. The molecule has 15 heteroatoms. The highest BCUT2D eigenvalue weighted by molar-refractivity contribution is 8.76. The first-order chi connectivity index (χ1) is 15.4. The van der Waals surface area contributed by atoms with Gasteiger partial charge in [0.25, 0.3) is 0 Å². The summed E-state index contributed by atoms with van der Waals surface area (Å²) in [6.07, 6.45) is 3.90. The fraction of sp³-hybridized carbons (Fsp3) is 0.647. The van der Waals surface area contributed by atoms with Crippen molar-refractivity contribution in [3.63, 3.8) is 0 Å². The van der Waals surface area contributed by atoms with E-state index >= 15 is 0 Å². The third-order valence-corrected chi connectivity index (χ3v) is 7.14. The van der Waals surface area contributed by atoms with Crippen LogP contribution in [0.5, 0.6) is 0 Å². The molecule has 0 aliphatic carbocycles. The molecule has 32 heavy (non-hydrogen) atoms. The second-order valence-corrected chi connectivity index (χ2v) is 11.0. The summed E-state index contributed by atoms with van der Waals surface area (Å²) in [6.45, 7) is 3.85. The van der Waals surface area contributed by atoms with Crippen molar-refractivity contribution in [3.8, 4) is 0 Å². The molecule has 2 N–H and O–H groups in total. The minimum atomic E-state index is -3.69. The van der Waals surface area contributed by atoms with Gasteiger partial charge >= 0.3 is 13.8 Å². The van der Waals surface area contributed by atoms with Gasteiger partial charge in [0.1, 0.15) is 18.2 Å². The van der Waals surface area contributed by atoms with Crippen LogP contribution >= 0.6 is 29.2 Å². The molecule has 12 nitrogen and oxygen atoms in total. The average molecular weight is 510 g/mol. The van der Waals surface area contributed by atoms with Crippen LogP contribution in [0, 0.1) is 0 Å². The smallest absolute Gasteiger partial charge is 0.434 e. The number of fused-ring (bicyclic) bond motifs is 1. The zero-order valence-electron chi connectivity index (χ0n) is 18.2. The number of rotatable bonds is 15. The lowest BCUT2D eigenvalue weighted by Gasteiger charge is -2.21. The number of nitrogen functional groups attached to an aromatic ring is 1. The van der Waals surface area contributed by atoms with E-state index in [9.17, 15) is 9.36 Å². The number of aromatic nitrogens is 4. The Bertz CT molecular complexity index is 903. The maximum absolute atomic E-state index is 13.1. The first kappa shape index (κ1) is 26.7. The van der Waals surface area contributed by atoms with Gasteiger partial charge in [-0.15, -0.1) is 0 Å². The average Bonchev–Trinajstić information content (AvgIpc) is 3.18. The summed E-state index contributed by atoms with van der Waals surface area (Å²) in [7, 11) is -0.572. The standard InChI is InChI=1S/C17H28N5O7PS2/c1-4-5-25-17(23)26-11-29-30(24,28-6-7-32-31-3)12-27-13(2)8-22-10-21-14-15(18)19-9-20-16(14)22/h9-10,13H,4-8,11-12H2,1-3H3,(H2,18,19,20)/t13-,30?/m1/s1. The van der Waals surface area contributed by atoms with Gasteiger partial charge < -0.3 is 29.0 Å². The van der Waals surface area contributed by atoms with Gasteiger partial charge in [0.15, 0.2) is 11.5 Å². The molecule has 0 amide bonds. The van der Waals surface area contributed by atoms with Crippen molar-refractivity contribution in [3.05, 3.63) is 12.7 Å². The van der Waals surface area contributed by atoms with Gasteiger partial charge in [-0.05, 0) is 19.6 Å². The number of ether oxygens (including phenoxy) is 3. The summed E-state index contributed by atoms with van der Waals surface area (Å²) in [4.78, 5) is 23.7. The van der Waals surface area contributed by atoms with E-state index in [1.54, 1.807) is 39.4 Å². The minimum absolute atomic E-state index is 0.184. The van der Waals surface area contributed by atoms with E-state index in [4.69, 9.17) is 29.0 Å². The molecule has 2 rings (SSSR count). The Balaban J connectivity index is 1.91. The Morgan fingerprint density at radius 1 is 1.25 bits per heavy atom. The Labute approximate surface area is 194 Å². The third-order valence-electron chi connectivity index (χ3n) is 3.82. The van der Waals surface area contributed by atoms with Crippen molar-refractivity contribution in [1.29, 1.82) is 0 Å². The molecule has 0 fully saturated rings. The molecule has 2 aromatic heterocycles. The van der Waals surface area contributed by atoms with Crippen LogP contribution in [0.2, 0.25) is 0 Å². The zero-order chi connectivity index (χ0) is 23.4. The summed E-state index contributed by atoms with van der Waals surface area (Å²) < 4.78 is 40.8. The van der Waals surface area contributed by atoms with Crippen LogP contribution in [-0.4, -0.2) is 70.1 Å². The maximum Gasteiger partial charge on any atom is 0.510 e. The Morgan fingerprint density at radius 3 is 2.81 bits per heavy atom. The number of hydrogen-bond donors (Lipinski definition) is 1. The molecule has 0 saturated carbocycles. The topological polar surface area (TPSA) is 150 Å². The predicted octanol–water partition coefficient (Wildman–Crippen LogP) is 3.53. The highest BCUT2D eigenvalue weighted by atomic mass is 33.1. The van der Waals surface area contributed by atoms with Crippen molar-refractivity contribution in [2.45, 2.75) is 32.9 Å². The maximum atomic E-state index is 13.1. The highest BCUT2D eigenvalue weighted by Gasteiger charge is 2.27. The summed E-state index contributed by atoms with van der Waals surface area (Å²) >= 11 is 0. The quantitative estimate of drug-likeness (QED) is 0.123. The van der Waals surface area contributed by atoms with Crippen LogP contribution in [0.4, 0.5) is 10.6 Å². The van der Waals surface area contributed by atoms with Gasteiger partial charge in [-0.25, -0.2) is 19.7 Å². The molecule has 180 valence electrons. The molecule has 0 aliphatic heterocycles. The molecule has 2 atom stereocenters. The van der Waals surface area contributed by atoms with Gasteiger partial charge in [0.2, 0.25) is 6.79 Å². The molecule has 0 saturated heterocycles. The van der Waals surface area contributed by atoms with Gasteiger partial charge in [0, 0.05) is 5.75 Å². The number of carbonyl (C=O) groups is 1. The molecule has 0 radical (unpaired) electrons. The molecular weight excluding hydrogens is 481 g/mol. The van der Waals surface area contributed by atoms with Crippen molar-refractivity contribution in [2.24, 2.45) is 0 Å². The fourth-order valence-electron chi connectivity index (χ4n) is 2.37. The largest absolute Gasteiger partial charge is 0.510 e. The summed E-state index contributed by atoms with van der Waals surface area (Å²) in [5.74, 6) is 0.889. The van der Waals surface area contributed by atoms with E-state index in [0.717, 1.165) is 0 Å². The van der Waals surface area contributed by atoms with Crippen LogP contribution in [0.15, 0.2) is 12.7 Å². The number of carbonyl (C=O) groups excluding carboxylic acids is 1. The first-order valence-electron chi connectivity index (χ1n) is 9.74. The number of hydrogen-bond acceptors (Lipinski definition) is 13. The van der Waals surface area contributed by atoms with Crippen LogP contribution < -0.4 is 5.73 Å². The van der Waals surface area contributed by atoms with Crippen LogP contribution in [-0.2, 0) is 34.4 Å². The van der Waals surface area contributed by atoms with Crippen molar-refractivity contribution in [2.75, 3.05) is 44.1 Å². The van der Waals surface area contributed by atoms with Gasteiger partial charge in [-0.3, -0.25) is 9.09 Å². The number of nitrogens with two attached hydrogens (primary N) is 1. The summed E-state index contributed by atoms with van der Waals surface area (Å²) in [5, 5.41) is 0. The molecular formula is C17H28N5O7PS2. The Hall–Kier alpha value is -1.57.